The highest BCUT2D eigenvalue weighted by molar-refractivity contribution is 5.88. The van der Waals surface area contributed by atoms with E-state index >= 15 is 0 Å². The molecule has 3 heterocycles. The minimum Gasteiger partial charge on any atom is -0.361 e. The lowest BCUT2D eigenvalue weighted by Crippen LogP contribution is -2.27. The third kappa shape index (κ3) is 3.77. The van der Waals surface area contributed by atoms with Gasteiger partial charge < -0.3 is 4.85 Å². The Morgan fingerprint density at radius 2 is 1.97 bits per heavy atom. The van der Waals surface area contributed by atoms with Crippen LogP contribution >= 0.6 is 0 Å². The average molecular weight is 403 g/mol. The molecule has 7 heteroatoms. The lowest BCUT2D eigenvalue weighted by Gasteiger charge is -2.23. The Balaban J connectivity index is 1.79. The fraction of sp³-hybridized carbons (Fsp3) is 0.217. The Labute approximate surface area is 172 Å². The number of hydrogen-bond acceptors (Lipinski definition) is 3. The van der Waals surface area contributed by atoms with Gasteiger partial charge >= 0.3 is 0 Å². The monoisotopic (exact) mass is 403 g/mol. The molecule has 4 aromatic rings. The quantitative estimate of drug-likeness (QED) is 0.384. The highest BCUT2D eigenvalue weighted by Crippen LogP contribution is 2.34. The van der Waals surface area contributed by atoms with Crippen LogP contribution in [0.1, 0.15) is 13.8 Å². The molecule has 1 aromatic carbocycles. The van der Waals surface area contributed by atoms with E-state index < -0.39 is 11.8 Å². The zero-order valence-corrected chi connectivity index (χ0v) is 16.5. The number of alkyl halides is 2. The Morgan fingerprint density at radius 3 is 2.73 bits per heavy atom. The van der Waals surface area contributed by atoms with E-state index in [0.29, 0.717) is 5.69 Å². The summed E-state index contributed by atoms with van der Waals surface area (Å²) in [6.45, 7) is 10.4. The van der Waals surface area contributed by atoms with Crippen molar-refractivity contribution in [3.63, 3.8) is 0 Å². The Morgan fingerprint density at radius 1 is 1.13 bits per heavy atom. The second-order valence-corrected chi connectivity index (χ2v) is 7.80. The van der Waals surface area contributed by atoms with Gasteiger partial charge in [-0.05, 0) is 24.3 Å². The number of benzene rings is 1. The molecule has 5 nitrogen and oxygen atoms in total. The summed E-state index contributed by atoms with van der Waals surface area (Å²) in [5, 5.41) is 5.28. The Hall–Kier alpha value is -3.66. The first-order chi connectivity index (χ1) is 14.4. The number of nitrogens with zero attached hydrogens (tertiary/aromatic N) is 5. The maximum atomic E-state index is 13.2. The van der Waals surface area contributed by atoms with Crippen LogP contribution in [0.25, 0.3) is 38.1 Å². The van der Waals surface area contributed by atoms with Gasteiger partial charge in [-0.25, -0.2) is 8.78 Å². The van der Waals surface area contributed by atoms with Crippen LogP contribution < -0.4 is 0 Å². The molecule has 0 saturated carbocycles. The third-order valence-electron chi connectivity index (χ3n) is 4.98. The van der Waals surface area contributed by atoms with Gasteiger partial charge in [-0.15, -0.1) is 4.98 Å². The van der Waals surface area contributed by atoms with Gasteiger partial charge in [-0.2, -0.15) is 5.10 Å². The van der Waals surface area contributed by atoms with E-state index in [0.717, 1.165) is 27.6 Å². The zero-order chi connectivity index (χ0) is 21.3. The van der Waals surface area contributed by atoms with E-state index in [1.807, 2.05) is 36.4 Å². The molecule has 0 atom stereocenters. The fourth-order valence-corrected chi connectivity index (χ4v) is 3.25. The van der Waals surface area contributed by atoms with Gasteiger partial charge in [0.1, 0.15) is 0 Å². The molecule has 0 aliphatic heterocycles. The van der Waals surface area contributed by atoms with Gasteiger partial charge in [0.15, 0.2) is 5.69 Å². The van der Waals surface area contributed by atoms with Crippen LogP contribution in [0.3, 0.4) is 0 Å². The van der Waals surface area contributed by atoms with Gasteiger partial charge in [0.25, 0.3) is 5.82 Å². The number of fused-ring (bicyclic) bond motifs is 1. The van der Waals surface area contributed by atoms with Gasteiger partial charge in [-0.1, -0.05) is 38.6 Å². The molecule has 0 aliphatic carbocycles. The maximum Gasteiger partial charge on any atom is 0.270 e. The summed E-state index contributed by atoms with van der Waals surface area (Å²) in [6.07, 6.45) is 2.65. The molecule has 0 spiro atoms. The lowest BCUT2D eigenvalue weighted by molar-refractivity contribution is 0.00608. The molecule has 0 bridgehead atoms. The summed E-state index contributed by atoms with van der Waals surface area (Å²) in [4.78, 5) is 12.4. The van der Waals surface area contributed by atoms with E-state index in [1.54, 1.807) is 24.7 Å². The van der Waals surface area contributed by atoms with Gasteiger partial charge in [0, 0.05) is 39.9 Å². The van der Waals surface area contributed by atoms with E-state index in [4.69, 9.17) is 6.57 Å². The lowest BCUT2D eigenvalue weighted by atomic mass is 9.94. The molecular formula is C23H19F2N5. The van der Waals surface area contributed by atoms with E-state index in [-0.39, 0.29) is 12.4 Å². The molecule has 150 valence electrons. The number of aromatic nitrogens is 4. The first kappa shape index (κ1) is 19.6. The first-order valence-corrected chi connectivity index (χ1v) is 9.42. The molecule has 3 aromatic heterocycles. The predicted molar refractivity (Wildman–Crippen MR) is 112 cm³/mol. The van der Waals surface area contributed by atoms with Crippen molar-refractivity contribution in [1.82, 2.24) is 19.7 Å². The van der Waals surface area contributed by atoms with Crippen molar-refractivity contribution >= 4 is 16.7 Å². The van der Waals surface area contributed by atoms with E-state index in [2.05, 4.69) is 19.9 Å². The minimum absolute atomic E-state index is 0.0907. The topological polar surface area (TPSA) is 48.0 Å². The van der Waals surface area contributed by atoms with Crippen LogP contribution in [-0.4, -0.2) is 26.2 Å². The Bertz CT molecular complexity index is 1250. The summed E-state index contributed by atoms with van der Waals surface area (Å²) < 4.78 is 28.0. The molecule has 0 radical (unpaired) electrons. The van der Waals surface area contributed by atoms with Crippen LogP contribution in [0.4, 0.5) is 14.6 Å². The van der Waals surface area contributed by atoms with Gasteiger partial charge in [0.05, 0.1) is 18.3 Å². The van der Waals surface area contributed by atoms with Crippen molar-refractivity contribution in [2.75, 3.05) is 0 Å². The van der Waals surface area contributed by atoms with Gasteiger partial charge in [0.2, 0.25) is 6.43 Å². The predicted octanol–water partition coefficient (Wildman–Crippen LogP) is 6.00. The number of rotatable bonds is 5. The molecule has 30 heavy (non-hydrogen) atoms. The van der Waals surface area contributed by atoms with Crippen molar-refractivity contribution in [1.29, 1.82) is 0 Å². The highest BCUT2D eigenvalue weighted by Gasteiger charge is 2.30. The first-order valence-electron chi connectivity index (χ1n) is 9.42. The second-order valence-electron chi connectivity index (χ2n) is 7.80. The summed E-state index contributed by atoms with van der Waals surface area (Å²) in [5.41, 5.74) is 2.61. The van der Waals surface area contributed by atoms with Crippen molar-refractivity contribution in [3.8, 4) is 22.4 Å². The van der Waals surface area contributed by atoms with Crippen LogP contribution in [0.5, 0.6) is 0 Å². The van der Waals surface area contributed by atoms with E-state index in [1.165, 1.54) is 18.5 Å². The molecule has 4 rings (SSSR count). The second kappa shape index (κ2) is 7.64. The van der Waals surface area contributed by atoms with Crippen LogP contribution in [0.2, 0.25) is 0 Å². The highest BCUT2D eigenvalue weighted by atomic mass is 19.3. The van der Waals surface area contributed by atoms with Crippen LogP contribution in [-0.2, 0) is 6.54 Å². The molecule has 0 fully saturated rings. The molecule has 0 unspecified atom stereocenters. The number of pyridine rings is 2. The zero-order valence-electron chi connectivity index (χ0n) is 16.5. The molecule has 0 amide bonds. The Kier molecular flexibility index (Phi) is 5.00. The van der Waals surface area contributed by atoms with Crippen LogP contribution in [0, 0.1) is 12.0 Å². The summed E-state index contributed by atoms with van der Waals surface area (Å²) >= 11 is 0. The normalized spacial score (nSPS) is 11.7. The van der Waals surface area contributed by atoms with Crippen molar-refractivity contribution in [2.24, 2.45) is 5.41 Å². The van der Waals surface area contributed by atoms with Gasteiger partial charge in [-0.3, -0.25) is 9.67 Å². The summed E-state index contributed by atoms with van der Waals surface area (Å²) in [5.74, 6) is 0.279. The number of halogens is 2. The third-order valence-corrected chi connectivity index (χ3v) is 4.98. The standard InChI is InChI=1S/C23H19F2N5/c1-23(2,22(24)25)14-30-13-17(12-28-30)18-8-9-20(26-3)29-21(18)16-7-6-15-5-4-10-27-19(15)11-16/h4-13,22H,14H2,1-2H3. The van der Waals surface area contributed by atoms with E-state index in [9.17, 15) is 8.78 Å². The molecule has 0 N–H and O–H groups in total. The van der Waals surface area contributed by atoms with Crippen molar-refractivity contribution < 1.29 is 8.78 Å². The van der Waals surface area contributed by atoms with Crippen molar-refractivity contribution in [2.45, 2.75) is 26.8 Å². The van der Waals surface area contributed by atoms with Crippen molar-refractivity contribution in [3.05, 3.63) is 72.5 Å². The fourth-order valence-electron chi connectivity index (χ4n) is 3.25. The SMILES string of the molecule is [C-]#[N+]c1ccc(-c2cnn(CC(C)(C)C(F)F)c2)c(-c2ccc3cccnc3c2)n1. The van der Waals surface area contributed by atoms with Crippen LogP contribution in [0.15, 0.2) is 61.1 Å². The maximum absolute atomic E-state index is 13.2. The number of hydrogen-bond donors (Lipinski definition) is 0. The molecule has 0 saturated heterocycles. The summed E-state index contributed by atoms with van der Waals surface area (Å²) in [6, 6.07) is 13.1. The largest absolute Gasteiger partial charge is 0.361 e. The molecule has 0 aliphatic rings. The smallest absolute Gasteiger partial charge is 0.270 e. The molecular weight excluding hydrogens is 384 g/mol. The average Bonchev–Trinajstić information content (AvgIpc) is 3.20. The minimum atomic E-state index is -2.45. The summed E-state index contributed by atoms with van der Waals surface area (Å²) in [7, 11) is 0.